The number of aliphatic carboxylic acids is 1. The number of carbonyl (C=O) groups is 1. The molecular weight excluding hydrogens is 258 g/mol. The second-order valence-electron chi connectivity index (χ2n) is 5.69. The third kappa shape index (κ3) is 2.12. The summed E-state index contributed by atoms with van der Waals surface area (Å²) in [5.74, 6) is 0.855. The van der Waals surface area contributed by atoms with Crippen LogP contribution in [0.25, 0.3) is 0 Å². The van der Waals surface area contributed by atoms with Crippen LogP contribution in [0.1, 0.15) is 43.4 Å². The Morgan fingerprint density at radius 3 is 2.85 bits per heavy atom. The quantitative estimate of drug-likeness (QED) is 0.887. The van der Waals surface area contributed by atoms with Crippen molar-refractivity contribution < 1.29 is 19.4 Å². The lowest BCUT2D eigenvalue weighted by molar-refractivity contribution is -0.141. The van der Waals surface area contributed by atoms with E-state index in [-0.39, 0.29) is 18.8 Å². The highest BCUT2D eigenvalue weighted by Gasteiger charge is 2.33. The Morgan fingerprint density at radius 2 is 2.20 bits per heavy atom. The minimum atomic E-state index is -0.730. The predicted octanol–water partition coefficient (Wildman–Crippen LogP) is 2.27. The maximum absolute atomic E-state index is 11.1. The molecular formula is C15H19NO4. The molecule has 0 radical (unpaired) electrons. The molecule has 2 aliphatic heterocycles. The Morgan fingerprint density at radius 1 is 1.40 bits per heavy atom. The lowest BCUT2D eigenvalue weighted by Crippen LogP contribution is -2.18. The standard InChI is InChI=1S/C15H19NO4/c1-8(2)13-10(3-4-12-14(13)20-7-19-12)11-5-9(6-16-11)15(17)18/h3-4,8-9,11,16H,5-7H2,1-2H3,(H,17,18). The Labute approximate surface area is 117 Å². The van der Waals surface area contributed by atoms with Gasteiger partial charge < -0.3 is 19.9 Å². The topological polar surface area (TPSA) is 67.8 Å². The monoisotopic (exact) mass is 277 g/mol. The van der Waals surface area contributed by atoms with Gasteiger partial charge in [0.25, 0.3) is 0 Å². The van der Waals surface area contributed by atoms with Crippen LogP contribution in [0.5, 0.6) is 11.5 Å². The molecule has 2 N–H and O–H groups in total. The molecule has 1 saturated heterocycles. The number of ether oxygens (including phenoxy) is 2. The fraction of sp³-hybridized carbons (Fsp3) is 0.533. The molecule has 5 nitrogen and oxygen atoms in total. The highest BCUT2D eigenvalue weighted by Crippen LogP contribution is 2.44. The molecule has 0 aromatic heterocycles. The fourth-order valence-corrected chi connectivity index (χ4v) is 3.07. The largest absolute Gasteiger partial charge is 0.481 e. The summed E-state index contributed by atoms with van der Waals surface area (Å²) < 4.78 is 11.0. The van der Waals surface area contributed by atoms with Crippen LogP contribution in [-0.4, -0.2) is 24.4 Å². The molecule has 0 amide bonds. The van der Waals surface area contributed by atoms with Gasteiger partial charge in [0, 0.05) is 18.2 Å². The summed E-state index contributed by atoms with van der Waals surface area (Å²) in [5, 5.41) is 12.4. The highest BCUT2D eigenvalue weighted by atomic mass is 16.7. The van der Waals surface area contributed by atoms with Crippen molar-refractivity contribution in [3.63, 3.8) is 0 Å². The number of rotatable bonds is 3. The summed E-state index contributed by atoms with van der Waals surface area (Å²) in [5.41, 5.74) is 2.26. The van der Waals surface area contributed by atoms with Gasteiger partial charge in [-0.15, -0.1) is 0 Å². The molecule has 108 valence electrons. The summed E-state index contributed by atoms with van der Waals surface area (Å²) in [7, 11) is 0. The second kappa shape index (κ2) is 4.98. The van der Waals surface area contributed by atoms with Gasteiger partial charge in [-0.2, -0.15) is 0 Å². The fourth-order valence-electron chi connectivity index (χ4n) is 3.07. The first-order chi connectivity index (χ1) is 9.58. The lowest BCUT2D eigenvalue weighted by atomic mass is 9.89. The van der Waals surface area contributed by atoms with E-state index in [1.165, 1.54) is 0 Å². The third-order valence-electron chi connectivity index (χ3n) is 4.04. The lowest BCUT2D eigenvalue weighted by Gasteiger charge is -2.20. The third-order valence-corrected chi connectivity index (χ3v) is 4.04. The first-order valence-corrected chi connectivity index (χ1v) is 6.96. The van der Waals surface area contributed by atoms with Gasteiger partial charge in [-0.3, -0.25) is 4.79 Å². The zero-order valence-corrected chi connectivity index (χ0v) is 11.7. The molecule has 1 aromatic carbocycles. The first-order valence-electron chi connectivity index (χ1n) is 6.96. The van der Waals surface area contributed by atoms with E-state index in [0.29, 0.717) is 18.9 Å². The van der Waals surface area contributed by atoms with Crippen molar-refractivity contribution in [2.75, 3.05) is 13.3 Å². The predicted molar refractivity (Wildman–Crippen MR) is 73.1 cm³/mol. The SMILES string of the molecule is CC(C)c1c(C2CC(C(=O)O)CN2)ccc2c1OCO2. The Hall–Kier alpha value is -1.75. The van der Waals surface area contributed by atoms with Crippen molar-refractivity contribution in [1.82, 2.24) is 5.32 Å². The van der Waals surface area contributed by atoms with Crippen LogP contribution in [0, 0.1) is 5.92 Å². The zero-order valence-electron chi connectivity index (χ0n) is 11.7. The van der Waals surface area contributed by atoms with Crippen LogP contribution in [0.3, 0.4) is 0 Å². The number of hydrogen-bond acceptors (Lipinski definition) is 4. The normalized spacial score (nSPS) is 24.4. The summed E-state index contributed by atoms with van der Waals surface area (Å²) >= 11 is 0. The molecule has 0 aliphatic carbocycles. The van der Waals surface area contributed by atoms with Gasteiger partial charge in [0.2, 0.25) is 6.79 Å². The van der Waals surface area contributed by atoms with Crippen LogP contribution < -0.4 is 14.8 Å². The van der Waals surface area contributed by atoms with E-state index in [0.717, 1.165) is 22.6 Å². The molecule has 5 heteroatoms. The zero-order chi connectivity index (χ0) is 14.3. The molecule has 0 spiro atoms. The van der Waals surface area contributed by atoms with Crippen LogP contribution in [0.4, 0.5) is 0 Å². The maximum Gasteiger partial charge on any atom is 0.307 e. The second-order valence-corrected chi connectivity index (χ2v) is 5.69. The van der Waals surface area contributed by atoms with Gasteiger partial charge >= 0.3 is 5.97 Å². The number of benzene rings is 1. The minimum Gasteiger partial charge on any atom is -0.481 e. The van der Waals surface area contributed by atoms with Gasteiger partial charge in [-0.05, 0) is 24.0 Å². The van der Waals surface area contributed by atoms with Gasteiger partial charge in [-0.1, -0.05) is 19.9 Å². The molecule has 2 unspecified atom stereocenters. The summed E-state index contributed by atoms with van der Waals surface area (Å²) in [6.45, 7) is 5.01. The average molecular weight is 277 g/mol. The van der Waals surface area contributed by atoms with Crippen LogP contribution in [0.15, 0.2) is 12.1 Å². The van der Waals surface area contributed by atoms with E-state index in [1.807, 2.05) is 12.1 Å². The molecule has 3 rings (SSSR count). The van der Waals surface area contributed by atoms with Gasteiger partial charge in [0.05, 0.1) is 5.92 Å². The number of carboxylic acid groups (broad SMARTS) is 1. The smallest absolute Gasteiger partial charge is 0.307 e. The molecule has 0 bridgehead atoms. The molecule has 20 heavy (non-hydrogen) atoms. The summed E-state index contributed by atoms with van der Waals surface area (Å²) in [4.78, 5) is 11.1. The van der Waals surface area contributed by atoms with Gasteiger partial charge in [0.1, 0.15) is 0 Å². The number of hydrogen-bond donors (Lipinski definition) is 2. The van der Waals surface area contributed by atoms with Crippen molar-refractivity contribution in [1.29, 1.82) is 0 Å². The molecule has 1 aromatic rings. The minimum absolute atomic E-state index is 0.0722. The average Bonchev–Trinajstić information content (AvgIpc) is 3.05. The highest BCUT2D eigenvalue weighted by molar-refractivity contribution is 5.71. The van der Waals surface area contributed by atoms with Gasteiger partial charge in [0.15, 0.2) is 11.5 Å². The summed E-state index contributed by atoms with van der Waals surface area (Å²) in [6, 6.07) is 4.02. The van der Waals surface area contributed by atoms with E-state index >= 15 is 0 Å². The van der Waals surface area contributed by atoms with E-state index in [2.05, 4.69) is 19.2 Å². The van der Waals surface area contributed by atoms with Crippen LogP contribution in [-0.2, 0) is 4.79 Å². The molecule has 2 aliphatic rings. The number of fused-ring (bicyclic) bond motifs is 1. The molecule has 2 heterocycles. The molecule has 2 atom stereocenters. The van der Waals surface area contributed by atoms with Crippen molar-refractivity contribution >= 4 is 5.97 Å². The van der Waals surface area contributed by atoms with Crippen LogP contribution in [0.2, 0.25) is 0 Å². The summed E-state index contributed by atoms with van der Waals surface area (Å²) in [6.07, 6.45) is 0.620. The van der Waals surface area contributed by atoms with Crippen molar-refractivity contribution in [2.45, 2.75) is 32.2 Å². The molecule has 1 fully saturated rings. The number of nitrogens with one attached hydrogen (secondary N) is 1. The van der Waals surface area contributed by atoms with E-state index in [9.17, 15) is 4.79 Å². The van der Waals surface area contributed by atoms with E-state index < -0.39 is 5.97 Å². The van der Waals surface area contributed by atoms with E-state index in [1.54, 1.807) is 0 Å². The van der Waals surface area contributed by atoms with Crippen molar-refractivity contribution in [2.24, 2.45) is 5.92 Å². The Bertz CT molecular complexity index is 541. The van der Waals surface area contributed by atoms with E-state index in [4.69, 9.17) is 14.6 Å². The van der Waals surface area contributed by atoms with Crippen molar-refractivity contribution in [3.05, 3.63) is 23.3 Å². The maximum atomic E-state index is 11.1. The Kier molecular flexibility index (Phi) is 3.30. The van der Waals surface area contributed by atoms with Gasteiger partial charge in [-0.25, -0.2) is 0 Å². The molecule has 0 saturated carbocycles. The van der Waals surface area contributed by atoms with Crippen molar-refractivity contribution in [3.8, 4) is 11.5 Å². The Balaban J connectivity index is 1.96. The number of carboxylic acids is 1. The first kappa shape index (κ1) is 13.2. The van der Waals surface area contributed by atoms with Crippen LogP contribution >= 0.6 is 0 Å².